The van der Waals surface area contributed by atoms with Crippen molar-refractivity contribution in [2.24, 2.45) is 46.3 Å². The summed E-state index contributed by atoms with van der Waals surface area (Å²) in [5.41, 5.74) is 1.92. The summed E-state index contributed by atoms with van der Waals surface area (Å²) >= 11 is 0. The molecule has 49 heavy (non-hydrogen) atoms. The van der Waals surface area contributed by atoms with E-state index in [4.69, 9.17) is 18.9 Å². The second kappa shape index (κ2) is 15.6. The van der Waals surface area contributed by atoms with Gasteiger partial charge in [0.05, 0.1) is 17.8 Å². The van der Waals surface area contributed by atoms with Crippen LogP contribution in [0.15, 0.2) is 35.9 Å². The Hall–Kier alpha value is -3.43. The predicted molar refractivity (Wildman–Crippen MR) is 183 cm³/mol. The molecule has 0 heterocycles. The first-order valence-electron chi connectivity index (χ1n) is 18.4. The fourth-order valence-corrected chi connectivity index (χ4v) is 10.2. The van der Waals surface area contributed by atoms with Gasteiger partial charge in [0.1, 0.15) is 11.9 Å². The molecule has 4 unspecified atom stereocenters. The van der Waals surface area contributed by atoms with Gasteiger partial charge in [0.2, 0.25) is 6.79 Å². The molecule has 0 bridgehead atoms. The highest BCUT2D eigenvalue weighted by Gasteiger charge is 2.59. The van der Waals surface area contributed by atoms with Gasteiger partial charge in [0.25, 0.3) is 5.69 Å². The van der Waals surface area contributed by atoms with Gasteiger partial charge in [-0.15, -0.1) is 0 Å². The Morgan fingerprint density at radius 1 is 0.918 bits per heavy atom. The van der Waals surface area contributed by atoms with E-state index in [1.807, 2.05) is 0 Å². The van der Waals surface area contributed by atoms with Crippen LogP contribution in [-0.2, 0) is 23.8 Å². The first-order valence-corrected chi connectivity index (χ1v) is 18.4. The van der Waals surface area contributed by atoms with Crippen LogP contribution in [0.25, 0.3) is 0 Å². The summed E-state index contributed by atoms with van der Waals surface area (Å²) in [5.74, 6) is 3.57. The number of hydrogen-bond acceptors (Lipinski definition) is 9. The van der Waals surface area contributed by atoms with Gasteiger partial charge < -0.3 is 18.9 Å². The molecule has 1 aromatic rings. The number of carbonyl (C=O) groups is 3. The van der Waals surface area contributed by atoms with Crippen molar-refractivity contribution in [3.63, 3.8) is 0 Å². The Labute approximate surface area is 290 Å². The minimum atomic E-state index is -1.13. The predicted octanol–water partition coefficient (Wildman–Crippen LogP) is 9.34. The zero-order valence-electron chi connectivity index (χ0n) is 29.9. The van der Waals surface area contributed by atoms with Gasteiger partial charge in [0.15, 0.2) is 0 Å². The van der Waals surface area contributed by atoms with E-state index in [2.05, 4.69) is 40.7 Å². The topological polar surface area (TPSA) is 131 Å². The number of non-ortho nitro benzene ring substituents is 1. The maximum absolute atomic E-state index is 12.7. The average Bonchev–Trinajstić information content (AvgIpc) is 3.41. The highest BCUT2D eigenvalue weighted by Crippen LogP contribution is 2.67. The quantitative estimate of drug-likeness (QED) is 0.0499. The minimum Gasteiger partial charge on any atom is -0.462 e. The standard InChI is InChI=1S/C39H55NO9/c1-25(2)7-6-8-26(3)32-15-16-33-31-14-9-27-23-30(19-21-38(27,4)34(31)20-22-39(32,33)5)48-36(42)18-17-35(41)46-24-47-37(43)49-29-12-10-28(11-13-29)40(44)45/h9-13,25-26,30-34H,6-8,14-24H2,1-5H3/t26-,30+,31?,32?,33?,34?,38+,39-/m1/s1. The number of rotatable bonds is 13. The number of nitrogens with zero attached hydrogens (tertiary/aromatic N) is 1. The molecule has 3 saturated carbocycles. The van der Waals surface area contributed by atoms with Crippen LogP contribution in [0.2, 0.25) is 0 Å². The highest BCUT2D eigenvalue weighted by atomic mass is 16.8. The van der Waals surface area contributed by atoms with Crippen molar-refractivity contribution < 1.29 is 38.3 Å². The fourth-order valence-electron chi connectivity index (χ4n) is 10.2. The van der Waals surface area contributed by atoms with E-state index < -0.39 is 29.8 Å². The van der Waals surface area contributed by atoms with E-state index in [-0.39, 0.29) is 35.8 Å². The number of nitro benzene ring substituents is 1. The summed E-state index contributed by atoms with van der Waals surface area (Å²) in [5, 5.41) is 10.7. The minimum absolute atomic E-state index is 0.0399. The second-order valence-corrected chi connectivity index (χ2v) is 16.0. The maximum atomic E-state index is 12.7. The van der Waals surface area contributed by atoms with E-state index in [1.54, 1.807) is 0 Å². The molecule has 0 aromatic heterocycles. The Morgan fingerprint density at radius 2 is 1.65 bits per heavy atom. The van der Waals surface area contributed by atoms with Crippen molar-refractivity contribution in [1.29, 1.82) is 0 Å². The van der Waals surface area contributed by atoms with Crippen LogP contribution in [0.3, 0.4) is 0 Å². The molecule has 0 amide bonds. The normalized spacial score (nSPS) is 31.0. The summed E-state index contributed by atoms with van der Waals surface area (Å²) in [6.07, 6.45) is 14.0. The first-order chi connectivity index (χ1) is 23.3. The molecule has 10 nitrogen and oxygen atoms in total. The lowest BCUT2D eigenvalue weighted by atomic mass is 9.47. The van der Waals surface area contributed by atoms with Crippen molar-refractivity contribution >= 4 is 23.8 Å². The number of fused-ring (bicyclic) bond motifs is 5. The Kier molecular flexibility index (Phi) is 11.8. The van der Waals surface area contributed by atoms with Gasteiger partial charge in [-0.25, -0.2) is 4.79 Å². The van der Waals surface area contributed by atoms with E-state index in [0.717, 1.165) is 55.3 Å². The molecular formula is C39H55NO9. The molecule has 8 atom stereocenters. The maximum Gasteiger partial charge on any atom is 0.516 e. The Balaban J connectivity index is 1.04. The Morgan fingerprint density at radius 3 is 2.37 bits per heavy atom. The van der Waals surface area contributed by atoms with Crippen LogP contribution < -0.4 is 4.74 Å². The van der Waals surface area contributed by atoms with E-state index in [1.165, 1.54) is 74.8 Å². The lowest BCUT2D eigenvalue weighted by Gasteiger charge is -2.58. The van der Waals surface area contributed by atoms with Crippen molar-refractivity contribution in [3.05, 3.63) is 46.0 Å². The van der Waals surface area contributed by atoms with Crippen molar-refractivity contribution in [2.75, 3.05) is 6.79 Å². The fraction of sp³-hybridized carbons (Fsp3) is 0.718. The lowest BCUT2D eigenvalue weighted by molar-refractivity contribution is -0.384. The largest absolute Gasteiger partial charge is 0.516 e. The van der Waals surface area contributed by atoms with Crippen LogP contribution in [0.4, 0.5) is 10.5 Å². The average molecular weight is 682 g/mol. The molecule has 0 radical (unpaired) electrons. The number of carbonyl (C=O) groups excluding carboxylic acids is 3. The third-order valence-corrected chi connectivity index (χ3v) is 12.7. The molecule has 0 spiro atoms. The summed E-state index contributed by atoms with van der Waals surface area (Å²) < 4.78 is 20.3. The third-order valence-electron chi connectivity index (χ3n) is 12.7. The lowest BCUT2D eigenvalue weighted by Crippen LogP contribution is -2.51. The number of nitro groups is 1. The zero-order valence-corrected chi connectivity index (χ0v) is 29.9. The molecule has 270 valence electrons. The van der Waals surface area contributed by atoms with Gasteiger partial charge in [-0.1, -0.05) is 65.5 Å². The molecule has 1 aromatic carbocycles. The molecular weight excluding hydrogens is 626 g/mol. The number of ether oxygens (including phenoxy) is 4. The molecule has 0 N–H and O–H groups in total. The van der Waals surface area contributed by atoms with Crippen LogP contribution >= 0.6 is 0 Å². The smallest absolute Gasteiger partial charge is 0.462 e. The SMILES string of the molecule is CC(C)CCC[C@@H](C)C1CCC2C3CC=C4C[C@@H](OC(=O)CCC(=O)OCOC(=O)Oc5ccc([N+](=O)[O-])cc5)CC[C@]4(C)C3CC[C@@]21C. The van der Waals surface area contributed by atoms with Crippen LogP contribution in [0, 0.1) is 56.5 Å². The molecule has 3 fully saturated rings. The summed E-state index contributed by atoms with van der Waals surface area (Å²) in [7, 11) is 0. The molecule has 4 aliphatic carbocycles. The molecule has 10 heteroatoms. The summed E-state index contributed by atoms with van der Waals surface area (Å²) in [6, 6.07) is 4.86. The monoisotopic (exact) mass is 681 g/mol. The van der Waals surface area contributed by atoms with Crippen molar-refractivity contribution in [2.45, 2.75) is 124 Å². The molecule has 4 aliphatic rings. The third kappa shape index (κ3) is 8.48. The Bertz CT molecular complexity index is 1390. The number of allylic oxidation sites excluding steroid dienone is 1. The van der Waals surface area contributed by atoms with Gasteiger partial charge in [-0.05, 0) is 103 Å². The van der Waals surface area contributed by atoms with E-state index in [9.17, 15) is 24.5 Å². The summed E-state index contributed by atoms with van der Waals surface area (Å²) in [4.78, 5) is 46.8. The van der Waals surface area contributed by atoms with Gasteiger partial charge >= 0.3 is 18.1 Å². The van der Waals surface area contributed by atoms with Crippen LogP contribution in [0.1, 0.15) is 118 Å². The van der Waals surface area contributed by atoms with Crippen LogP contribution in [-0.4, -0.2) is 35.9 Å². The number of esters is 2. The van der Waals surface area contributed by atoms with E-state index >= 15 is 0 Å². The van der Waals surface area contributed by atoms with Gasteiger partial charge in [-0.3, -0.25) is 19.7 Å². The molecule has 0 saturated heterocycles. The number of benzene rings is 1. The van der Waals surface area contributed by atoms with Crippen LogP contribution in [0.5, 0.6) is 5.75 Å². The van der Waals surface area contributed by atoms with Gasteiger partial charge in [-0.2, -0.15) is 0 Å². The zero-order chi connectivity index (χ0) is 35.3. The highest BCUT2D eigenvalue weighted by molar-refractivity contribution is 5.77. The molecule has 0 aliphatic heterocycles. The van der Waals surface area contributed by atoms with Gasteiger partial charge in [0, 0.05) is 18.6 Å². The van der Waals surface area contributed by atoms with Crippen molar-refractivity contribution in [3.8, 4) is 5.75 Å². The molecule has 5 rings (SSSR count). The second-order valence-electron chi connectivity index (χ2n) is 16.0. The summed E-state index contributed by atoms with van der Waals surface area (Å²) in [6.45, 7) is 11.6. The van der Waals surface area contributed by atoms with E-state index in [0.29, 0.717) is 11.3 Å². The van der Waals surface area contributed by atoms with Crippen molar-refractivity contribution in [1.82, 2.24) is 0 Å². The number of hydrogen-bond donors (Lipinski definition) is 0. The first kappa shape index (κ1) is 36.8.